The number of thiophene rings is 1. The van der Waals surface area contributed by atoms with Gasteiger partial charge < -0.3 is 21.1 Å². The van der Waals surface area contributed by atoms with Gasteiger partial charge in [-0.15, -0.1) is 11.3 Å². The monoisotopic (exact) mass is 354 g/mol. The Labute approximate surface area is 147 Å². The van der Waals surface area contributed by atoms with Gasteiger partial charge >= 0.3 is 0 Å². The molecule has 25 heavy (non-hydrogen) atoms. The summed E-state index contributed by atoms with van der Waals surface area (Å²) in [4.78, 5) is 16.6. The molecule has 0 saturated carbocycles. The van der Waals surface area contributed by atoms with Gasteiger partial charge in [-0.1, -0.05) is 18.2 Å². The fourth-order valence-corrected chi connectivity index (χ4v) is 3.07. The third kappa shape index (κ3) is 3.72. The van der Waals surface area contributed by atoms with Gasteiger partial charge in [0.2, 0.25) is 0 Å². The smallest absolute Gasteiger partial charge is 0.268 e. The molecule has 0 fully saturated rings. The van der Waals surface area contributed by atoms with Gasteiger partial charge in [-0.05, 0) is 35.2 Å². The molecule has 1 aromatic carbocycles. The van der Waals surface area contributed by atoms with Crippen LogP contribution in [0.1, 0.15) is 10.5 Å². The van der Waals surface area contributed by atoms with Crippen LogP contribution >= 0.6 is 11.3 Å². The van der Waals surface area contributed by atoms with E-state index in [1.165, 1.54) is 12.1 Å². The average molecular weight is 354 g/mol. The second-order valence-electron chi connectivity index (χ2n) is 5.31. The maximum absolute atomic E-state index is 13.2. The first-order valence-electron chi connectivity index (χ1n) is 7.47. The standard InChI is InChI=1S/C18H15FN4OS/c19-12-5-3-11(4-6-12)14-8-15(16-2-1-7-25-16)23-17(14)18(24)22-10-13(21)9-20/h1-9,20-21,23H,10H2,(H,22,24). The number of H-pyrrole nitrogens is 1. The lowest BCUT2D eigenvalue weighted by Gasteiger charge is -2.06. The van der Waals surface area contributed by atoms with Crippen molar-refractivity contribution in [1.29, 1.82) is 10.8 Å². The van der Waals surface area contributed by atoms with Gasteiger partial charge in [0, 0.05) is 11.8 Å². The van der Waals surface area contributed by atoms with E-state index in [1.54, 1.807) is 23.5 Å². The van der Waals surface area contributed by atoms with E-state index in [0.717, 1.165) is 16.8 Å². The maximum Gasteiger partial charge on any atom is 0.268 e. The van der Waals surface area contributed by atoms with Crippen molar-refractivity contribution >= 4 is 29.2 Å². The highest BCUT2D eigenvalue weighted by Crippen LogP contribution is 2.32. The molecule has 0 aliphatic rings. The lowest BCUT2D eigenvalue weighted by molar-refractivity contribution is 0.0956. The maximum atomic E-state index is 13.2. The number of hydrogen-bond acceptors (Lipinski definition) is 4. The molecule has 0 saturated heterocycles. The van der Waals surface area contributed by atoms with Gasteiger partial charge in [-0.3, -0.25) is 4.79 Å². The number of aromatic amines is 1. The van der Waals surface area contributed by atoms with Crippen LogP contribution in [0.15, 0.2) is 47.8 Å². The molecule has 2 heterocycles. The summed E-state index contributed by atoms with van der Waals surface area (Å²) >= 11 is 1.54. The van der Waals surface area contributed by atoms with Gasteiger partial charge in [0.25, 0.3) is 5.91 Å². The quantitative estimate of drug-likeness (QED) is 0.496. The molecule has 126 valence electrons. The van der Waals surface area contributed by atoms with E-state index in [-0.39, 0.29) is 24.0 Å². The highest BCUT2D eigenvalue weighted by molar-refractivity contribution is 7.13. The van der Waals surface area contributed by atoms with Crippen LogP contribution in [0.4, 0.5) is 4.39 Å². The predicted octanol–water partition coefficient (Wildman–Crippen LogP) is 3.95. The van der Waals surface area contributed by atoms with Crippen molar-refractivity contribution in [2.45, 2.75) is 0 Å². The van der Waals surface area contributed by atoms with E-state index in [1.807, 2.05) is 23.6 Å². The normalized spacial score (nSPS) is 10.4. The fraction of sp³-hybridized carbons (Fsp3) is 0.0556. The number of nitrogens with one attached hydrogen (secondary N) is 4. The van der Waals surface area contributed by atoms with E-state index in [0.29, 0.717) is 16.8 Å². The molecule has 3 rings (SSSR count). The zero-order chi connectivity index (χ0) is 17.8. The highest BCUT2D eigenvalue weighted by Gasteiger charge is 2.18. The van der Waals surface area contributed by atoms with Crippen LogP contribution in [-0.4, -0.2) is 29.4 Å². The van der Waals surface area contributed by atoms with Crippen molar-refractivity contribution in [3.63, 3.8) is 0 Å². The molecular formula is C18H15FN4OS. The van der Waals surface area contributed by atoms with Gasteiger partial charge in [-0.25, -0.2) is 4.39 Å². The minimum absolute atomic E-state index is 0.00159. The summed E-state index contributed by atoms with van der Waals surface area (Å²) in [5.41, 5.74) is 2.51. The minimum Gasteiger partial charge on any atom is -0.349 e. The number of hydrogen-bond donors (Lipinski definition) is 4. The van der Waals surface area contributed by atoms with Crippen LogP contribution in [0.3, 0.4) is 0 Å². The first kappa shape index (κ1) is 16.8. The number of rotatable bonds is 6. The molecule has 0 aliphatic carbocycles. The zero-order valence-electron chi connectivity index (χ0n) is 13.1. The summed E-state index contributed by atoms with van der Waals surface area (Å²) in [5.74, 6) is -0.725. The van der Waals surface area contributed by atoms with Gasteiger partial charge in [0.1, 0.15) is 11.5 Å². The van der Waals surface area contributed by atoms with Gasteiger partial charge in [0.05, 0.1) is 22.8 Å². The Hall–Kier alpha value is -3.06. The molecule has 0 spiro atoms. The Morgan fingerprint density at radius 2 is 2.04 bits per heavy atom. The van der Waals surface area contributed by atoms with E-state index in [4.69, 9.17) is 10.8 Å². The van der Waals surface area contributed by atoms with Crippen LogP contribution < -0.4 is 5.32 Å². The summed E-state index contributed by atoms with van der Waals surface area (Å²) in [6, 6.07) is 11.6. The Morgan fingerprint density at radius 3 is 2.68 bits per heavy atom. The first-order chi connectivity index (χ1) is 12.1. The molecule has 0 aliphatic heterocycles. The molecule has 5 nitrogen and oxygen atoms in total. The molecule has 3 aromatic rings. The minimum atomic E-state index is -0.381. The molecule has 0 bridgehead atoms. The summed E-state index contributed by atoms with van der Waals surface area (Å²) in [6.45, 7) is -0.0292. The summed E-state index contributed by atoms with van der Waals surface area (Å²) < 4.78 is 13.2. The van der Waals surface area contributed by atoms with E-state index in [9.17, 15) is 9.18 Å². The van der Waals surface area contributed by atoms with Crippen molar-refractivity contribution in [2.75, 3.05) is 6.54 Å². The fourth-order valence-electron chi connectivity index (χ4n) is 2.37. The average Bonchev–Trinajstić information content (AvgIpc) is 3.29. The first-order valence-corrected chi connectivity index (χ1v) is 8.35. The molecule has 4 N–H and O–H groups in total. The van der Waals surface area contributed by atoms with Crippen molar-refractivity contribution in [1.82, 2.24) is 10.3 Å². The van der Waals surface area contributed by atoms with Crippen molar-refractivity contribution < 1.29 is 9.18 Å². The summed E-state index contributed by atoms with van der Waals surface area (Å²) in [5, 5.41) is 19.0. The van der Waals surface area contributed by atoms with E-state index >= 15 is 0 Å². The van der Waals surface area contributed by atoms with Crippen LogP contribution in [-0.2, 0) is 0 Å². The van der Waals surface area contributed by atoms with Gasteiger partial charge in [-0.2, -0.15) is 0 Å². The Balaban J connectivity index is 1.99. The summed E-state index contributed by atoms with van der Waals surface area (Å²) in [7, 11) is 0. The van der Waals surface area contributed by atoms with Crippen molar-refractivity contribution in [3.8, 4) is 21.7 Å². The molecular weight excluding hydrogens is 339 g/mol. The largest absolute Gasteiger partial charge is 0.349 e. The molecule has 2 aromatic heterocycles. The van der Waals surface area contributed by atoms with Crippen LogP contribution in [0, 0.1) is 16.6 Å². The van der Waals surface area contributed by atoms with Crippen molar-refractivity contribution in [2.24, 2.45) is 0 Å². The second-order valence-corrected chi connectivity index (χ2v) is 6.26. The second kappa shape index (κ2) is 7.23. The number of carbonyl (C=O) groups excluding carboxylic acids is 1. The highest BCUT2D eigenvalue weighted by atomic mass is 32.1. The molecule has 0 radical (unpaired) electrons. The Bertz CT molecular complexity index is 913. The van der Waals surface area contributed by atoms with E-state index in [2.05, 4.69) is 10.3 Å². The SMILES string of the molecule is N=CC(=N)CNC(=O)c1[nH]c(-c2cccs2)cc1-c1ccc(F)cc1. The zero-order valence-corrected chi connectivity index (χ0v) is 13.9. The third-order valence-electron chi connectivity index (χ3n) is 3.60. The molecule has 0 unspecified atom stereocenters. The van der Waals surface area contributed by atoms with Crippen LogP contribution in [0.25, 0.3) is 21.7 Å². The van der Waals surface area contributed by atoms with Crippen LogP contribution in [0.2, 0.25) is 0 Å². The lowest BCUT2D eigenvalue weighted by atomic mass is 10.1. The number of amides is 1. The molecule has 0 atom stereocenters. The third-order valence-corrected chi connectivity index (χ3v) is 4.50. The number of aromatic nitrogens is 1. The lowest BCUT2D eigenvalue weighted by Crippen LogP contribution is -2.30. The topological polar surface area (TPSA) is 92.6 Å². The van der Waals surface area contributed by atoms with Gasteiger partial charge in [0.15, 0.2) is 0 Å². The number of carbonyl (C=O) groups is 1. The Morgan fingerprint density at radius 1 is 1.28 bits per heavy atom. The molecule has 7 heteroatoms. The number of halogens is 1. The van der Waals surface area contributed by atoms with Crippen molar-refractivity contribution in [3.05, 3.63) is 59.4 Å². The molecule has 1 amide bonds. The Kier molecular flexibility index (Phi) is 4.85. The summed E-state index contributed by atoms with van der Waals surface area (Å²) in [6.07, 6.45) is 0.882. The predicted molar refractivity (Wildman–Crippen MR) is 98.3 cm³/mol. The van der Waals surface area contributed by atoms with E-state index < -0.39 is 0 Å². The number of benzene rings is 1. The van der Waals surface area contributed by atoms with Crippen LogP contribution in [0.5, 0.6) is 0 Å².